The molecule has 0 bridgehead atoms. The van der Waals surface area contributed by atoms with Gasteiger partial charge in [0, 0.05) is 10.6 Å². The van der Waals surface area contributed by atoms with Gasteiger partial charge in [-0.3, -0.25) is 0 Å². The fourth-order valence-corrected chi connectivity index (χ4v) is 5.60. The zero-order valence-corrected chi connectivity index (χ0v) is 18.0. The van der Waals surface area contributed by atoms with Crippen molar-refractivity contribution in [3.8, 4) is 6.07 Å². The van der Waals surface area contributed by atoms with E-state index in [1.165, 1.54) is 0 Å². The molecule has 31 heavy (non-hydrogen) atoms. The van der Waals surface area contributed by atoms with Gasteiger partial charge in [0.1, 0.15) is 29.9 Å². The molecule has 162 valence electrons. The molecule has 1 saturated heterocycles. The SMILES string of the molecule is N#CC1=C(S[C@@H]2O[C@H](CO)[C@@H](O)[C@H](O)[C@H]2O)NC(c2ccccc2)=CC1c1cccs1. The number of thiophene rings is 1. The summed E-state index contributed by atoms with van der Waals surface area (Å²) in [6.45, 7) is -0.507. The molecule has 1 unspecified atom stereocenters. The van der Waals surface area contributed by atoms with E-state index in [0.717, 1.165) is 27.9 Å². The number of benzene rings is 1. The second kappa shape index (κ2) is 9.54. The standard InChI is InChI=1S/C22H22N2O5S2/c23-10-14-13(17-7-4-8-30-17)9-15(12-5-2-1-3-6-12)24-21(14)31-22-20(28)19(27)18(26)16(11-25)29-22/h1-9,13,16,18-20,22,24-28H,11H2/t13?,16-,18-,19+,20-,22+/m1/s1. The lowest BCUT2D eigenvalue weighted by Gasteiger charge is -2.40. The highest BCUT2D eigenvalue weighted by atomic mass is 32.2. The van der Waals surface area contributed by atoms with Gasteiger partial charge in [0.15, 0.2) is 0 Å². The van der Waals surface area contributed by atoms with Crippen molar-refractivity contribution < 1.29 is 25.2 Å². The molecule has 0 aliphatic carbocycles. The molecular formula is C22H22N2O5S2. The fourth-order valence-electron chi connectivity index (χ4n) is 3.60. The van der Waals surface area contributed by atoms with Crippen molar-refractivity contribution in [2.45, 2.75) is 35.8 Å². The summed E-state index contributed by atoms with van der Waals surface area (Å²) in [6.07, 6.45) is -3.32. The molecule has 2 aliphatic heterocycles. The number of dihydropyridines is 1. The molecule has 0 saturated carbocycles. The predicted molar refractivity (Wildman–Crippen MR) is 119 cm³/mol. The molecule has 4 rings (SSSR count). The molecule has 2 aromatic rings. The van der Waals surface area contributed by atoms with Gasteiger partial charge in [-0.25, -0.2) is 0 Å². The van der Waals surface area contributed by atoms with Crippen molar-refractivity contribution >= 4 is 28.8 Å². The topological polar surface area (TPSA) is 126 Å². The Morgan fingerprint density at radius 2 is 1.84 bits per heavy atom. The Morgan fingerprint density at radius 3 is 2.48 bits per heavy atom. The van der Waals surface area contributed by atoms with Crippen LogP contribution in [-0.4, -0.2) is 56.9 Å². The van der Waals surface area contributed by atoms with E-state index in [0.29, 0.717) is 10.6 Å². The smallest absolute Gasteiger partial charge is 0.138 e. The number of nitrogens with zero attached hydrogens (tertiary/aromatic N) is 1. The second-order valence-corrected chi connectivity index (χ2v) is 9.32. The van der Waals surface area contributed by atoms with E-state index in [2.05, 4.69) is 11.4 Å². The summed E-state index contributed by atoms with van der Waals surface area (Å²) in [4.78, 5) is 0.999. The summed E-state index contributed by atoms with van der Waals surface area (Å²) in [6, 6.07) is 15.8. The lowest BCUT2D eigenvalue weighted by molar-refractivity contribution is -0.205. The van der Waals surface area contributed by atoms with Gasteiger partial charge >= 0.3 is 0 Å². The Balaban J connectivity index is 1.70. The van der Waals surface area contributed by atoms with Crippen molar-refractivity contribution in [1.82, 2.24) is 5.32 Å². The highest BCUT2D eigenvalue weighted by Gasteiger charge is 2.44. The van der Waals surface area contributed by atoms with Crippen LogP contribution < -0.4 is 5.32 Å². The van der Waals surface area contributed by atoms with E-state index < -0.39 is 36.5 Å². The summed E-state index contributed by atoms with van der Waals surface area (Å²) in [5.41, 5.74) is 1.22. The molecule has 9 heteroatoms. The normalized spacial score (nSPS) is 31.0. The maximum absolute atomic E-state index is 10.5. The van der Waals surface area contributed by atoms with E-state index in [1.54, 1.807) is 11.3 Å². The number of aliphatic hydroxyl groups excluding tert-OH is 4. The number of hydrogen-bond acceptors (Lipinski definition) is 9. The van der Waals surface area contributed by atoms with Crippen molar-refractivity contribution in [3.05, 3.63) is 75.0 Å². The lowest BCUT2D eigenvalue weighted by atomic mass is 9.93. The molecule has 7 nitrogen and oxygen atoms in total. The largest absolute Gasteiger partial charge is 0.394 e. The van der Waals surface area contributed by atoms with Crippen molar-refractivity contribution in [2.24, 2.45) is 0 Å². The number of nitriles is 1. The summed E-state index contributed by atoms with van der Waals surface area (Å²) in [5.74, 6) is -0.283. The van der Waals surface area contributed by atoms with Crippen LogP contribution >= 0.6 is 23.1 Å². The average molecular weight is 459 g/mol. The molecule has 2 aliphatic rings. The molecule has 0 radical (unpaired) electrons. The first kappa shape index (κ1) is 22.0. The van der Waals surface area contributed by atoms with Crippen LogP contribution in [0.4, 0.5) is 0 Å². The Kier molecular flexibility index (Phi) is 6.79. The molecule has 5 N–H and O–H groups in total. The van der Waals surface area contributed by atoms with Crippen molar-refractivity contribution in [3.63, 3.8) is 0 Å². The minimum absolute atomic E-state index is 0.283. The number of allylic oxidation sites excluding steroid dienone is 2. The Labute approximate surface area is 187 Å². The maximum atomic E-state index is 10.5. The number of nitrogens with one attached hydrogen (secondary N) is 1. The van der Waals surface area contributed by atoms with E-state index in [-0.39, 0.29) is 5.92 Å². The number of ether oxygens (including phenoxy) is 1. The van der Waals surface area contributed by atoms with Gasteiger partial charge in [0.2, 0.25) is 0 Å². The first-order chi connectivity index (χ1) is 15.0. The fraction of sp³-hybridized carbons (Fsp3) is 0.318. The summed E-state index contributed by atoms with van der Waals surface area (Å²) >= 11 is 2.61. The van der Waals surface area contributed by atoms with Crippen LogP contribution in [0.5, 0.6) is 0 Å². The van der Waals surface area contributed by atoms with Gasteiger partial charge in [-0.15, -0.1) is 11.3 Å². The molecule has 1 aromatic carbocycles. The molecule has 0 amide bonds. The number of hydrogen-bond donors (Lipinski definition) is 5. The van der Waals surface area contributed by atoms with Crippen LogP contribution in [0.1, 0.15) is 16.4 Å². The number of rotatable bonds is 5. The average Bonchev–Trinajstić information content (AvgIpc) is 3.34. The Hall–Kier alpha value is -2.16. The van der Waals surface area contributed by atoms with E-state index in [4.69, 9.17) is 4.74 Å². The third-order valence-electron chi connectivity index (χ3n) is 5.27. The van der Waals surface area contributed by atoms with Crippen LogP contribution in [-0.2, 0) is 4.74 Å². The van der Waals surface area contributed by atoms with Gasteiger partial charge < -0.3 is 30.5 Å². The van der Waals surface area contributed by atoms with Crippen LogP contribution in [0.25, 0.3) is 5.70 Å². The van der Waals surface area contributed by atoms with Gasteiger partial charge in [-0.2, -0.15) is 5.26 Å². The van der Waals surface area contributed by atoms with Crippen molar-refractivity contribution in [1.29, 1.82) is 5.26 Å². The molecule has 0 spiro atoms. The van der Waals surface area contributed by atoms with E-state index in [9.17, 15) is 25.7 Å². The Morgan fingerprint density at radius 1 is 1.06 bits per heavy atom. The van der Waals surface area contributed by atoms with Crippen LogP contribution in [0.2, 0.25) is 0 Å². The van der Waals surface area contributed by atoms with Gasteiger partial charge in [-0.1, -0.05) is 48.2 Å². The highest BCUT2D eigenvalue weighted by molar-refractivity contribution is 8.03. The number of thioether (sulfide) groups is 1. The molecule has 1 fully saturated rings. The highest BCUT2D eigenvalue weighted by Crippen LogP contribution is 2.42. The van der Waals surface area contributed by atoms with Crippen LogP contribution in [0.15, 0.2) is 64.5 Å². The van der Waals surface area contributed by atoms with E-state index in [1.807, 2.05) is 53.9 Å². The minimum Gasteiger partial charge on any atom is -0.394 e. The zero-order valence-electron chi connectivity index (χ0n) is 16.3. The predicted octanol–water partition coefficient (Wildman–Crippen LogP) is 1.74. The summed E-state index contributed by atoms with van der Waals surface area (Å²) < 4.78 is 5.65. The third kappa shape index (κ3) is 4.42. The van der Waals surface area contributed by atoms with Crippen LogP contribution in [0.3, 0.4) is 0 Å². The maximum Gasteiger partial charge on any atom is 0.138 e. The molecule has 1 aromatic heterocycles. The number of aliphatic hydroxyl groups is 4. The Bertz CT molecular complexity index is 1000. The minimum atomic E-state index is -1.48. The monoisotopic (exact) mass is 458 g/mol. The lowest BCUT2D eigenvalue weighted by Crippen LogP contribution is -2.57. The van der Waals surface area contributed by atoms with Gasteiger partial charge in [-0.05, 0) is 23.1 Å². The van der Waals surface area contributed by atoms with Gasteiger partial charge in [0.25, 0.3) is 0 Å². The molecular weight excluding hydrogens is 436 g/mol. The first-order valence-electron chi connectivity index (χ1n) is 9.72. The van der Waals surface area contributed by atoms with Crippen molar-refractivity contribution in [2.75, 3.05) is 6.61 Å². The van der Waals surface area contributed by atoms with Gasteiger partial charge in [0.05, 0.1) is 29.2 Å². The van der Waals surface area contributed by atoms with E-state index >= 15 is 0 Å². The van der Waals surface area contributed by atoms with Crippen LogP contribution in [0, 0.1) is 11.3 Å². The first-order valence-corrected chi connectivity index (χ1v) is 11.5. The third-order valence-corrected chi connectivity index (χ3v) is 7.41. The zero-order chi connectivity index (χ0) is 22.0. The summed E-state index contributed by atoms with van der Waals surface area (Å²) in [7, 11) is 0. The summed E-state index contributed by atoms with van der Waals surface area (Å²) in [5, 5.41) is 55.8. The second-order valence-electron chi connectivity index (χ2n) is 7.23. The molecule has 3 heterocycles. The molecule has 6 atom stereocenters. The quantitative estimate of drug-likeness (QED) is 0.459.